The minimum absolute atomic E-state index is 0.500. The lowest BCUT2D eigenvalue weighted by Gasteiger charge is -1.69. The summed E-state index contributed by atoms with van der Waals surface area (Å²) in [5.41, 5.74) is 10.0. The van der Waals surface area contributed by atoms with Gasteiger partial charge in [0, 0.05) is 4.92 Å². The Labute approximate surface area is 71.2 Å². The molecule has 4 N–H and O–H groups in total. The number of allylic oxidation sites excluding steroid dienone is 4. The highest BCUT2D eigenvalue weighted by Crippen LogP contribution is 1.73. The molecule has 0 unspecified atom stereocenters. The highest BCUT2D eigenvalue weighted by Gasteiger charge is 1.57. The number of nitro groups is 1. The molecule has 0 radical (unpaired) electrons. The van der Waals surface area contributed by atoms with Crippen LogP contribution in [0.2, 0.25) is 0 Å². The molecule has 5 heteroatoms. The molecule has 0 aliphatic rings. The first-order valence-electron chi connectivity index (χ1n) is 3.15. The molecule has 0 bridgehead atoms. The second kappa shape index (κ2) is 12.0. The molecule has 0 atom stereocenters. The predicted octanol–water partition coefficient (Wildman–Crippen LogP) is 0.380. The zero-order chi connectivity index (χ0) is 9.82. The van der Waals surface area contributed by atoms with Crippen LogP contribution < -0.4 is 11.5 Å². The molecule has 0 aromatic heterocycles. The van der Waals surface area contributed by atoms with Crippen molar-refractivity contribution in [2.45, 2.75) is 0 Å². The van der Waals surface area contributed by atoms with E-state index >= 15 is 0 Å². The van der Waals surface area contributed by atoms with Gasteiger partial charge in [-0.15, -0.1) is 0 Å². The molecule has 0 spiro atoms. The van der Waals surface area contributed by atoms with Gasteiger partial charge in [-0.3, -0.25) is 10.1 Å². The number of rotatable bonds is 2. The smallest absolute Gasteiger partial charge is 0.194 e. The second-order valence-electron chi connectivity index (χ2n) is 1.59. The topological polar surface area (TPSA) is 95.2 Å². The third-order valence-corrected chi connectivity index (χ3v) is 0.556. The Hall–Kier alpha value is -1.78. The summed E-state index contributed by atoms with van der Waals surface area (Å²) in [6.45, 7) is 0. The fourth-order valence-electron chi connectivity index (χ4n) is 0.257. The highest BCUT2D eigenvalue weighted by molar-refractivity contribution is 5.09. The molecule has 0 amide bonds. The van der Waals surface area contributed by atoms with E-state index in [1.807, 2.05) is 0 Å². The van der Waals surface area contributed by atoms with Gasteiger partial charge in [0.05, 0.1) is 0 Å². The van der Waals surface area contributed by atoms with Crippen molar-refractivity contribution < 1.29 is 4.92 Å². The number of nitrogens with zero attached hydrogens (tertiary/aromatic N) is 1. The van der Waals surface area contributed by atoms with Gasteiger partial charge in [-0.05, 0) is 24.6 Å². The van der Waals surface area contributed by atoms with Crippen molar-refractivity contribution in [3.8, 4) is 0 Å². The molecule has 0 saturated carbocycles. The van der Waals surface area contributed by atoms with Crippen LogP contribution in [0.25, 0.3) is 0 Å². The molecule has 0 aliphatic carbocycles. The molecule has 0 heterocycles. The largest absolute Gasteiger partial charge is 0.405 e. The van der Waals surface area contributed by atoms with E-state index in [1.165, 1.54) is 12.4 Å². The van der Waals surface area contributed by atoms with Crippen molar-refractivity contribution in [1.82, 2.24) is 0 Å². The lowest BCUT2D eigenvalue weighted by Crippen LogP contribution is -1.79. The van der Waals surface area contributed by atoms with Gasteiger partial charge in [0.25, 0.3) is 0 Å². The van der Waals surface area contributed by atoms with Crippen LogP contribution in [0.3, 0.4) is 0 Å². The molecule has 0 aliphatic heterocycles. The summed E-state index contributed by atoms with van der Waals surface area (Å²) >= 11 is 0. The van der Waals surface area contributed by atoms with Crippen LogP contribution in [0.1, 0.15) is 0 Å². The van der Waals surface area contributed by atoms with Crippen molar-refractivity contribution in [3.63, 3.8) is 0 Å². The lowest BCUT2D eigenvalue weighted by atomic mass is 10.5. The average Bonchev–Trinajstić information content (AvgIpc) is 1.97. The van der Waals surface area contributed by atoms with Gasteiger partial charge in [-0.1, -0.05) is 12.2 Å². The van der Waals surface area contributed by atoms with Crippen molar-refractivity contribution >= 4 is 0 Å². The van der Waals surface area contributed by atoms with E-state index in [0.717, 1.165) is 7.05 Å². The van der Waals surface area contributed by atoms with Gasteiger partial charge in [-0.2, -0.15) is 0 Å². The normalized spacial score (nSPS) is 10.4. The Bertz CT molecular complexity index is 167. The first-order chi connectivity index (χ1) is 5.65. The van der Waals surface area contributed by atoms with Crippen LogP contribution in [-0.4, -0.2) is 12.0 Å². The quantitative estimate of drug-likeness (QED) is 0.356. The zero-order valence-corrected chi connectivity index (χ0v) is 6.88. The summed E-state index contributed by atoms with van der Waals surface area (Å²) in [6, 6.07) is 0. The monoisotopic (exact) mass is 171 g/mol. The minimum Gasteiger partial charge on any atom is -0.405 e. The Kier molecular flexibility index (Phi) is 12.8. The van der Waals surface area contributed by atoms with E-state index in [0.29, 0.717) is 0 Å². The van der Waals surface area contributed by atoms with E-state index in [9.17, 15) is 0 Å². The Morgan fingerprint density at radius 3 is 1.50 bits per heavy atom. The third kappa shape index (κ3) is 41.3. The molecule has 0 aromatic rings. The minimum atomic E-state index is -0.500. The third-order valence-electron chi connectivity index (χ3n) is 0.556. The fourth-order valence-corrected chi connectivity index (χ4v) is 0.257. The molecule has 68 valence electrons. The number of hydrogen-bond donors (Lipinski definition) is 2. The standard InChI is InChI=1S/C6H10N2.CH3NO2/c7-5-3-1-2-4-6-8;1-2(3)4/h1-6H,7-8H2;1H3/b2-1-,5-3+,6-4+;. The maximum absolute atomic E-state index is 8.81. The van der Waals surface area contributed by atoms with Gasteiger partial charge in [0.1, 0.15) is 0 Å². The Morgan fingerprint density at radius 2 is 1.33 bits per heavy atom. The number of hydrogen-bond acceptors (Lipinski definition) is 4. The van der Waals surface area contributed by atoms with Crippen molar-refractivity contribution in [2.75, 3.05) is 7.05 Å². The fraction of sp³-hybridized carbons (Fsp3) is 0.143. The van der Waals surface area contributed by atoms with Crippen LogP contribution in [0, 0.1) is 10.1 Å². The Balaban J connectivity index is 0. The lowest BCUT2D eigenvalue weighted by molar-refractivity contribution is -0.445. The predicted molar refractivity (Wildman–Crippen MR) is 48.7 cm³/mol. The molecule has 0 saturated heterocycles. The first kappa shape index (κ1) is 12.9. The van der Waals surface area contributed by atoms with Gasteiger partial charge in [0.15, 0.2) is 7.05 Å². The van der Waals surface area contributed by atoms with E-state index in [1.54, 1.807) is 24.3 Å². The summed E-state index contributed by atoms with van der Waals surface area (Å²) in [5, 5.41) is 8.81. The molecule has 0 fully saturated rings. The van der Waals surface area contributed by atoms with Crippen LogP contribution in [0.15, 0.2) is 36.7 Å². The average molecular weight is 171 g/mol. The molecular weight excluding hydrogens is 158 g/mol. The van der Waals surface area contributed by atoms with Gasteiger partial charge < -0.3 is 11.5 Å². The molecule has 0 aromatic carbocycles. The summed E-state index contributed by atoms with van der Waals surface area (Å²) in [7, 11) is 0.889. The SMILES string of the molecule is C[N+](=O)[O-].N/C=C/C=C\C=C\N. The van der Waals surface area contributed by atoms with Crippen molar-refractivity contribution in [3.05, 3.63) is 46.8 Å². The summed E-state index contributed by atoms with van der Waals surface area (Å²) in [6.07, 6.45) is 9.95. The maximum Gasteiger partial charge on any atom is 0.194 e. The van der Waals surface area contributed by atoms with Gasteiger partial charge >= 0.3 is 0 Å². The zero-order valence-electron chi connectivity index (χ0n) is 6.88. The van der Waals surface area contributed by atoms with E-state index < -0.39 is 4.92 Å². The van der Waals surface area contributed by atoms with Gasteiger partial charge in [-0.25, -0.2) is 0 Å². The summed E-state index contributed by atoms with van der Waals surface area (Å²) < 4.78 is 0. The second-order valence-corrected chi connectivity index (χ2v) is 1.59. The number of nitrogens with two attached hydrogens (primary N) is 2. The van der Waals surface area contributed by atoms with Crippen LogP contribution in [-0.2, 0) is 0 Å². The molecule has 12 heavy (non-hydrogen) atoms. The molecular formula is C7H13N3O2. The molecule has 0 rings (SSSR count). The van der Waals surface area contributed by atoms with Crippen molar-refractivity contribution in [2.24, 2.45) is 11.5 Å². The van der Waals surface area contributed by atoms with Crippen molar-refractivity contribution in [1.29, 1.82) is 0 Å². The summed E-state index contributed by atoms with van der Waals surface area (Å²) in [4.78, 5) is 8.31. The highest BCUT2D eigenvalue weighted by atomic mass is 16.6. The maximum atomic E-state index is 8.81. The van der Waals surface area contributed by atoms with Crippen LogP contribution >= 0.6 is 0 Å². The van der Waals surface area contributed by atoms with E-state index in [2.05, 4.69) is 0 Å². The molecule has 5 nitrogen and oxygen atoms in total. The van der Waals surface area contributed by atoms with Crippen LogP contribution in [0.4, 0.5) is 0 Å². The summed E-state index contributed by atoms with van der Waals surface area (Å²) in [5.74, 6) is 0. The van der Waals surface area contributed by atoms with Gasteiger partial charge in [0.2, 0.25) is 0 Å². The van der Waals surface area contributed by atoms with E-state index in [4.69, 9.17) is 21.6 Å². The Morgan fingerprint density at radius 1 is 1.08 bits per heavy atom. The van der Waals surface area contributed by atoms with Crippen LogP contribution in [0.5, 0.6) is 0 Å². The first-order valence-corrected chi connectivity index (χ1v) is 3.15. The van der Waals surface area contributed by atoms with E-state index in [-0.39, 0.29) is 0 Å².